The third-order valence-electron chi connectivity index (χ3n) is 4.43. The molecule has 5 nitrogen and oxygen atoms in total. The molecular formula is C20H20Br2N2O3. The number of piperidine rings is 1. The van der Waals surface area contributed by atoms with Crippen molar-refractivity contribution in [3.05, 3.63) is 57.5 Å². The molecule has 1 heterocycles. The van der Waals surface area contributed by atoms with Crippen LogP contribution in [0.5, 0.6) is 5.75 Å². The van der Waals surface area contributed by atoms with Crippen LogP contribution in [0.25, 0.3) is 0 Å². The second-order valence-corrected chi connectivity index (χ2v) is 8.17. The zero-order valence-electron chi connectivity index (χ0n) is 14.7. The van der Waals surface area contributed by atoms with E-state index in [0.29, 0.717) is 18.8 Å². The average Bonchev–Trinajstić information content (AvgIpc) is 2.68. The topological polar surface area (TPSA) is 58.6 Å². The average molecular weight is 496 g/mol. The van der Waals surface area contributed by atoms with Crippen LogP contribution in [0.3, 0.4) is 0 Å². The summed E-state index contributed by atoms with van der Waals surface area (Å²) < 4.78 is 7.35. The second-order valence-electron chi connectivity index (χ2n) is 6.40. The SMILES string of the molecule is O=C(Nc1ccccc1)[C@H]1CCCN(C(=O)COc2ccc(Br)cc2Br)C1. The van der Waals surface area contributed by atoms with Crippen LogP contribution in [0.2, 0.25) is 0 Å². The van der Waals surface area contributed by atoms with E-state index in [4.69, 9.17) is 4.74 Å². The van der Waals surface area contributed by atoms with Gasteiger partial charge in [-0.3, -0.25) is 9.59 Å². The molecule has 7 heteroatoms. The van der Waals surface area contributed by atoms with Crippen molar-refractivity contribution in [2.75, 3.05) is 25.0 Å². The van der Waals surface area contributed by atoms with Crippen LogP contribution in [0.15, 0.2) is 57.5 Å². The van der Waals surface area contributed by atoms with E-state index >= 15 is 0 Å². The number of nitrogens with zero attached hydrogens (tertiary/aromatic N) is 1. The third-order valence-corrected chi connectivity index (χ3v) is 5.54. The molecule has 1 aliphatic rings. The molecule has 27 heavy (non-hydrogen) atoms. The molecule has 0 aliphatic carbocycles. The first-order valence-electron chi connectivity index (χ1n) is 8.74. The van der Waals surface area contributed by atoms with E-state index < -0.39 is 0 Å². The lowest BCUT2D eigenvalue weighted by atomic mass is 9.97. The maximum absolute atomic E-state index is 12.5. The van der Waals surface area contributed by atoms with Crippen LogP contribution >= 0.6 is 31.9 Å². The third kappa shape index (κ3) is 5.56. The highest BCUT2D eigenvalue weighted by atomic mass is 79.9. The van der Waals surface area contributed by atoms with E-state index in [1.54, 1.807) is 11.0 Å². The zero-order valence-corrected chi connectivity index (χ0v) is 17.8. The minimum Gasteiger partial charge on any atom is -0.483 e. The van der Waals surface area contributed by atoms with Gasteiger partial charge < -0.3 is 15.0 Å². The van der Waals surface area contributed by atoms with Crippen molar-refractivity contribution in [2.45, 2.75) is 12.8 Å². The van der Waals surface area contributed by atoms with Gasteiger partial charge in [0.2, 0.25) is 5.91 Å². The molecule has 3 rings (SSSR count). The van der Waals surface area contributed by atoms with Crippen molar-refractivity contribution in [3.8, 4) is 5.75 Å². The number of anilines is 1. The minimum atomic E-state index is -0.206. The summed E-state index contributed by atoms with van der Waals surface area (Å²) in [6, 6.07) is 14.9. The Morgan fingerprint density at radius 1 is 1.15 bits per heavy atom. The Morgan fingerprint density at radius 3 is 2.67 bits per heavy atom. The summed E-state index contributed by atoms with van der Waals surface area (Å²) in [5, 5.41) is 2.92. The van der Waals surface area contributed by atoms with E-state index in [9.17, 15) is 9.59 Å². The van der Waals surface area contributed by atoms with E-state index in [1.165, 1.54) is 0 Å². The van der Waals surface area contributed by atoms with Crippen molar-refractivity contribution in [1.82, 2.24) is 4.90 Å². The van der Waals surface area contributed by atoms with Gasteiger partial charge in [-0.1, -0.05) is 34.1 Å². The van der Waals surface area contributed by atoms with Gasteiger partial charge in [-0.15, -0.1) is 0 Å². The number of para-hydroxylation sites is 1. The second kappa shape index (κ2) is 9.37. The van der Waals surface area contributed by atoms with Crippen LogP contribution in [-0.4, -0.2) is 36.4 Å². The monoisotopic (exact) mass is 494 g/mol. The summed E-state index contributed by atoms with van der Waals surface area (Å²) in [4.78, 5) is 26.7. The number of carbonyl (C=O) groups is 2. The van der Waals surface area contributed by atoms with E-state index in [0.717, 1.165) is 27.5 Å². The van der Waals surface area contributed by atoms with Gasteiger partial charge in [0, 0.05) is 23.2 Å². The van der Waals surface area contributed by atoms with Crippen molar-refractivity contribution in [2.24, 2.45) is 5.92 Å². The van der Waals surface area contributed by atoms with Crippen molar-refractivity contribution in [1.29, 1.82) is 0 Å². The molecule has 0 radical (unpaired) electrons. The first-order chi connectivity index (χ1) is 13.0. The summed E-state index contributed by atoms with van der Waals surface area (Å²) in [5.74, 6) is 0.251. The molecule has 0 saturated carbocycles. The Hall–Kier alpha value is -1.86. The molecule has 0 bridgehead atoms. The lowest BCUT2D eigenvalue weighted by Crippen LogP contribution is -2.45. The highest BCUT2D eigenvalue weighted by molar-refractivity contribution is 9.11. The number of hydrogen-bond acceptors (Lipinski definition) is 3. The van der Waals surface area contributed by atoms with E-state index in [-0.39, 0.29) is 24.3 Å². The molecular weight excluding hydrogens is 476 g/mol. The van der Waals surface area contributed by atoms with Gasteiger partial charge in [0.1, 0.15) is 5.75 Å². The number of ether oxygens (including phenoxy) is 1. The molecule has 142 valence electrons. The van der Waals surface area contributed by atoms with Gasteiger partial charge in [-0.2, -0.15) is 0 Å². The van der Waals surface area contributed by atoms with E-state index in [2.05, 4.69) is 37.2 Å². The quantitative estimate of drug-likeness (QED) is 0.665. The van der Waals surface area contributed by atoms with Crippen LogP contribution in [0.4, 0.5) is 5.69 Å². The number of nitrogens with one attached hydrogen (secondary N) is 1. The Bertz CT molecular complexity index is 814. The fourth-order valence-corrected chi connectivity index (χ4v) is 4.17. The fourth-order valence-electron chi connectivity index (χ4n) is 3.01. The number of benzene rings is 2. The van der Waals surface area contributed by atoms with Crippen LogP contribution in [0, 0.1) is 5.92 Å². The number of rotatable bonds is 5. The van der Waals surface area contributed by atoms with Gasteiger partial charge in [-0.05, 0) is 59.1 Å². The molecule has 1 aliphatic heterocycles. The first-order valence-corrected chi connectivity index (χ1v) is 10.3. The minimum absolute atomic E-state index is 0.0460. The summed E-state index contributed by atoms with van der Waals surface area (Å²) in [5.41, 5.74) is 0.773. The van der Waals surface area contributed by atoms with Crippen molar-refractivity contribution < 1.29 is 14.3 Å². The number of amides is 2. The standard InChI is InChI=1S/C20H20Br2N2O3/c21-15-8-9-18(17(22)11-15)27-13-19(25)24-10-4-5-14(12-24)20(26)23-16-6-2-1-3-7-16/h1-3,6-9,11,14H,4-5,10,12-13H2,(H,23,26)/t14-/m0/s1. The van der Waals surface area contributed by atoms with Gasteiger partial charge in [0.05, 0.1) is 10.4 Å². The maximum atomic E-state index is 12.5. The zero-order chi connectivity index (χ0) is 19.2. The molecule has 0 spiro atoms. The molecule has 2 aromatic carbocycles. The molecule has 0 aromatic heterocycles. The van der Waals surface area contributed by atoms with Crippen LogP contribution in [-0.2, 0) is 9.59 Å². The molecule has 1 N–H and O–H groups in total. The highest BCUT2D eigenvalue weighted by Gasteiger charge is 2.28. The normalized spacial score (nSPS) is 16.7. The van der Waals surface area contributed by atoms with Gasteiger partial charge in [-0.25, -0.2) is 0 Å². The Balaban J connectivity index is 1.53. The first kappa shape index (κ1) is 19.9. The predicted octanol–water partition coefficient (Wildman–Crippen LogP) is 4.47. The Kier molecular flexibility index (Phi) is 6.90. The van der Waals surface area contributed by atoms with Crippen LogP contribution in [0.1, 0.15) is 12.8 Å². The van der Waals surface area contributed by atoms with E-state index in [1.807, 2.05) is 42.5 Å². The summed E-state index contributed by atoms with van der Waals surface area (Å²) in [6.07, 6.45) is 1.59. The molecule has 2 amide bonds. The number of carbonyl (C=O) groups excluding carboxylic acids is 2. The summed E-state index contributed by atoms with van der Waals surface area (Å²) in [6.45, 7) is 1.02. The molecule has 0 unspecified atom stereocenters. The highest BCUT2D eigenvalue weighted by Crippen LogP contribution is 2.28. The summed E-state index contributed by atoms with van der Waals surface area (Å²) >= 11 is 6.80. The van der Waals surface area contributed by atoms with Crippen LogP contribution < -0.4 is 10.1 Å². The van der Waals surface area contributed by atoms with Gasteiger partial charge >= 0.3 is 0 Å². The molecule has 1 fully saturated rings. The molecule has 1 atom stereocenters. The van der Waals surface area contributed by atoms with Gasteiger partial charge in [0.15, 0.2) is 6.61 Å². The number of halogens is 2. The Morgan fingerprint density at radius 2 is 1.93 bits per heavy atom. The maximum Gasteiger partial charge on any atom is 0.260 e. The van der Waals surface area contributed by atoms with Crippen molar-refractivity contribution in [3.63, 3.8) is 0 Å². The molecule has 1 saturated heterocycles. The summed E-state index contributed by atoms with van der Waals surface area (Å²) in [7, 11) is 0. The predicted molar refractivity (Wildman–Crippen MR) is 112 cm³/mol. The number of likely N-dealkylation sites (tertiary alicyclic amines) is 1. The largest absolute Gasteiger partial charge is 0.483 e. The lowest BCUT2D eigenvalue weighted by molar-refractivity contribution is -0.136. The Labute approximate surface area is 175 Å². The smallest absolute Gasteiger partial charge is 0.260 e. The lowest BCUT2D eigenvalue weighted by Gasteiger charge is -2.32. The molecule has 2 aromatic rings. The van der Waals surface area contributed by atoms with Crippen molar-refractivity contribution >= 4 is 49.4 Å². The fraction of sp³-hybridized carbons (Fsp3) is 0.300. The van der Waals surface area contributed by atoms with Gasteiger partial charge in [0.25, 0.3) is 5.91 Å². The number of hydrogen-bond donors (Lipinski definition) is 1.